The zero-order valence-corrected chi connectivity index (χ0v) is 11.5. The van der Waals surface area contributed by atoms with Crippen LogP contribution in [0.1, 0.15) is 12.0 Å². The summed E-state index contributed by atoms with van der Waals surface area (Å²) in [6.45, 7) is 6.73. The van der Waals surface area contributed by atoms with Gasteiger partial charge in [0.15, 0.2) is 0 Å². The molecule has 1 rings (SSSR count). The van der Waals surface area contributed by atoms with E-state index in [1.807, 2.05) is 25.1 Å². The number of amides is 1. The van der Waals surface area contributed by atoms with E-state index in [2.05, 4.69) is 33.1 Å². The average molecular weight is 297 g/mol. The number of hydrogen-bond acceptors (Lipinski definition) is 2. The van der Waals surface area contributed by atoms with Crippen LogP contribution in [0.15, 0.2) is 35.3 Å². The number of rotatable bonds is 6. The minimum Gasteiger partial charge on any atom is -0.384 e. The molecule has 0 spiro atoms. The Balaban J connectivity index is 2.33. The quantitative estimate of drug-likeness (QED) is 0.793. The molecule has 0 bridgehead atoms. The van der Waals surface area contributed by atoms with Gasteiger partial charge in [-0.3, -0.25) is 4.79 Å². The fraction of sp³-hybridized carbons (Fsp3) is 0.308. The highest BCUT2D eigenvalue weighted by Crippen LogP contribution is 2.20. The van der Waals surface area contributed by atoms with Gasteiger partial charge in [-0.05, 0) is 24.6 Å². The first-order valence-corrected chi connectivity index (χ1v) is 6.30. The Morgan fingerprint density at radius 2 is 2.29 bits per heavy atom. The van der Waals surface area contributed by atoms with Crippen molar-refractivity contribution in [2.75, 3.05) is 18.4 Å². The number of carbonyl (C=O) groups is 1. The molecular weight excluding hydrogens is 280 g/mol. The predicted octanol–water partition coefficient (Wildman–Crippen LogP) is 2.86. The molecule has 1 amide bonds. The Kier molecular flexibility index (Phi) is 5.77. The van der Waals surface area contributed by atoms with Crippen molar-refractivity contribution >= 4 is 27.5 Å². The van der Waals surface area contributed by atoms with E-state index < -0.39 is 0 Å². The van der Waals surface area contributed by atoms with Gasteiger partial charge < -0.3 is 10.6 Å². The molecule has 3 nitrogen and oxygen atoms in total. The molecule has 0 aliphatic rings. The first-order valence-electron chi connectivity index (χ1n) is 5.51. The molecule has 0 unspecified atom stereocenters. The van der Waals surface area contributed by atoms with Crippen molar-refractivity contribution in [3.8, 4) is 0 Å². The third-order valence-electron chi connectivity index (χ3n) is 2.30. The molecule has 0 aliphatic carbocycles. The number of halogens is 1. The largest absolute Gasteiger partial charge is 0.384 e. The average Bonchev–Trinajstić information content (AvgIpc) is 2.31. The molecule has 17 heavy (non-hydrogen) atoms. The van der Waals surface area contributed by atoms with Crippen LogP contribution in [0.25, 0.3) is 0 Å². The lowest BCUT2D eigenvalue weighted by Gasteiger charge is -2.08. The van der Waals surface area contributed by atoms with Crippen molar-refractivity contribution in [2.45, 2.75) is 13.3 Å². The molecule has 0 saturated heterocycles. The van der Waals surface area contributed by atoms with Gasteiger partial charge in [0.2, 0.25) is 5.91 Å². The Bertz CT molecular complexity index is 404. The van der Waals surface area contributed by atoms with Gasteiger partial charge in [-0.25, -0.2) is 0 Å². The van der Waals surface area contributed by atoms with Gasteiger partial charge >= 0.3 is 0 Å². The second-order valence-corrected chi connectivity index (χ2v) is 4.59. The highest BCUT2D eigenvalue weighted by atomic mass is 79.9. The van der Waals surface area contributed by atoms with Crippen molar-refractivity contribution in [3.05, 3.63) is 40.9 Å². The van der Waals surface area contributed by atoms with Crippen LogP contribution in [-0.4, -0.2) is 19.0 Å². The fourth-order valence-electron chi connectivity index (χ4n) is 1.30. The summed E-state index contributed by atoms with van der Waals surface area (Å²) in [6.07, 6.45) is 2.13. The van der Waals surface area contributed by atoms with Gasteiger partial charge in [0.25, 0.3) is 0 Å². The van der Waals surface area contributed by atoms with Crippen LogP contribution in [-0.2, 0) is 4.79 Å². The van der Waals surface area contributed by atoms with Gasteiger partial charge in [-0.2, -0.15) is 0 Å². The van der Waals surface area contributed by atoms with Crippen molar-refractivity contribution in [1.29, 1.82) is 0 Å². The van der Waals surface area contributed by atoms with E-state index in [0.717, 1.165) is 10.2 Å². The molecule has 0 atom stereocenters. The summed E-state index contributed by atoms with van der Waals surface area (Å²) in [7, 11) is 0. The Morgan fingerprint density at radius 3 is 2.94 bits per heavy atom. The maximum Gasteiger partial charge on any atom is 0.222 e. The number of carbonyl (C=O) groups excluding carboxylic acids is 1. The van der Waals surface area contributed by atoms with E-state index in [9.17, 15) is 4.79 Å². The minimum atomic E-state index is 0.0311. The topological polar surface area (TPSA) is 41.1 Å². The van der Waals surface area contributed by atoms with Gasteiger partial charge in [0.1, 0.15) is 0 Å². The molecule has 4 heteroatoms. The van der Waals surface area contributed by atoms with Crippen molar-refractivity contribution in [3.63, 3.8) is 0 Å². The predicted molar refractivity (Wildman–Crippen MR) is 75.2 cm³/mol. The first kappa shape index (κ1) is 13.8. The maximum atomic E-state index is 11.3. The van der Waals surface area contributed by atoms with E-state index in [4.69, 9.17) is 0 Å². The number of nitrogens with one attached hydrogen (secondary N) is 2. The first-order chi connectivity index (χ1) is 8.13. The highest BCUT2D eigenvalue weighted by Gasteiger charge is 2.00. The summed E-state index contributed by atoms with van der Waals surface area (Å²) in [5, 5.41) is 5.94. The van der Waals surface area contributed by atoms with E-state index in [0.29, 0.717) is 19.5 Å². The van der Waals surface area contributed by atoms with Crippen LogP contribution in [0.5, 0.6) is 0 Å². The summed E-state index contributed by atoms with van der Waals surface area (Å²) in [4.78, 5) is 11.3. The van der Waals surface area contributed by atoms with Gasteiger partial charge in [-0.1, -0.05) is 28.1 Å². The lowest BCUT2D eigenvalue weighted by molar-refractivity contribution is -0.120. The highest BCUT2D eigenvalue weighted by molar-refractivity contribution is 9.10. The van der Waals surface area contributed by atoms with E-state index in [-0.39, 0.29) is 5.91 Å². The van der Waals surface area contributed by atoms with Crippen LogP contribution >= 0.6 is 15.9 Å². The van der Waals surface area contributed by atoms with Crippen molar-refractivity contribution < 1.29 is 4.79 Å². The lowest BCUT2D eigenvalue weighted by Crippen LogP contribution is -2.25. The van der Waals surface area contributed by atoms with E-state index >= 15 is 0 Å². The molecule has 0 aromatic heterocycles. The Morgan fingerprint density at radius 1 is 1.53 bits per heavy atom. The summed E-state index contributed by atoms with van der Waals surface area (Å²) in [5.41, 5.74) is 2.21. The smallest absolute Gasteiger partial charge is 0.222 e. The molecule has 2 N–H and O–H groups in total. The molecule has 0 fully saturated rings. The molecule has 0 saturated carbocycles. The number of hydrogen-bond donors (Lipinski definition) is 2. The van der Waals surface area contributed by atoms with Crippen molar-refractivity contribution in [2.24, 2.45) is 0 Å². The van der Waals surface area contributed by atoms with Gasteiger partial charge in [-0.15, -0.1) is 6.58 Å². The minimum absolute atomic E-state index is 0.0311. The molecular formula is C13H17BrN2O. The van der Waals surface area contributed by atoms with Crippen molar-refractivity contribution in [1.82, 2.24) is 5.32 Å². The third kappa shape index (κ3) is 5.04. The SMILES string of the molecule is C=CCNC(=O)CCNc1ccc(C)c(Br)c1. The van der Waals surface area contributed by atoms with Crippen LogP contribution in [0, 0.1) is 6.92 Å². The molecule has 1 aromatic carbocycles. The number of anilines is 1. The van der Waals surface area contributed by atoms with Gasteiger partial charge in [0.05, 0.1) is 0 Å². The fourth-order valence-corrected chi connectivity index (χ4v) is 1.68. The second-order valence-electron chi connectivity index (χ2n) is 3.73. The summed E-state index contributed by atoms with van der Waals surface area (Å²) in [6, 6.07) is 6.04. The normalized spacial score (nSPS) is 9.76. The Hall–Kier alpha value is -1.29. The zero-order valence-electron chi connectivity index (χ0n) is 9.92. The van der Waals surface area contributed by atoms with Crippen LogP contribution in [0.4, 0.5) is 5.69 Å². The molecule has 1 aromatic rings. The standard InChI is InChI=1S/C13H17BrN2O/c1-3-7-16-13(17)6-8-15-11-5-4-10(2)12(14)9-11/h3-5,9,15H,1,6-8H2,2H3,(H,16,17). The number of benzene rings is 1. The molecule has 0 heterocycles. The summed E-state index contributed by atoms with van der Waals surface area (Å²) < 4.78 is 1.07. The molecule has 92 valence electrons. The van der Waals surface area contributed by atoms with Crippen LogP contribution < -0.4 is 10.6 Å². The van der Waals surface area contributed by atoms with Gasteiger partial charge in [0, 0.05) is 29.7 Å². The lowest BCUT2D eigenvalue weighted by atomic mass is 10.2. The second kappa shape index (κ2) is 7.12. The molecule has 0 radical (unpaired) electrons. The maximum absolute atomic E-state index is 11.3. The van der Waals surface area contributed by atoms with Crippen LogP contribution in [0.3, 0.4) is 0 Å². The van der Waals surface area contributed by atoms with E-state index in [1.54, 1.807) is 6.08 Å². The summed E-state index contributed by atoms with van der Waals surface area (Å²) in [5.74, 6) is 0.0311. The third-order valence-corrected chi connectivity index (χ3v) is 3.15. The number of aryl methyl sites for hydroxylation is 1. The van der Waals surface area contributed by atoms with Crippen LogP contribution in [0.2, 0.25) is 0 Å². The summed E-state index contributed by atoms with van der Waals surface area (Å²) >= 11 is 3.47. The Labute approximate surface area is 110 Å². The monoisotopic (exact) mass is 296 g/mol. The zero-order chi connectivity index (χ0) is 12.7. The molecule has 0 aliphatic heterocycles. The van der Waals surface area contributed by atoms with E-state index in [1.165, 1.54) is 5.56 Å².